The lowest BCUT2D eigenvalue weighted by Crippen LogP contribution is -2.41. The molecule has 0 atom stereocenters. The molecule has 1 aliphatic carbocycles. The zero-order valence-electron chi connectivity index (χ0n) is 11.3. The van der Waals surface area contributed by atoms with Crippen LogP contribution in [-0.2, 0) is 6.42 Å². The van der Waals surface area contributed by atoms with Crippen LogP contribution in [0.5, 0.6) is 0 Å². The number of aromatic nitrogens is 3. The van der Waals surface area contributed by atoms with Gasteiger partial charge in [0.2, 0.25) is 5.82 Å². The normalized spacial score (nSPS) is 16.8. The summed E-state index contributed by atoms with van der Waals surface area (Å²) < 4.78 is 0. The quantitative estimate of drug-likeness (QED) is 0.890. The van der Waals surface area contributed by atoms with Crippen molar-refractivity contribution in [1.82, 2.24) is 20.1 Å². The Balaban J connectivity index is 2.08. The highest BCUT2D eigenvalue weighted by Gasteiger charge is 2.27. The Hall–Kier alpha value is -1.39. The van der Waals surface area contributed by atoms with Crippen LogP contribution < -0.4 is 0 Å². The number of rotatable bonds is 4. The standard InChI is InChI=1S/C13H22N4O/c1-3-11-14-12(16-15-11)13(18)17(4-2)10-8-6-5-7-9-10/h10H,3-9H2,1-2H3,(H,14,15,16). The van der Waals surface area contributed by atoms with E-state index >= 15 is 0 Å². The summed E-state index contributed by atoms with van der Waals surface area (Å²) in [5.41, 5.74) is 0. The van der Waals surface area contributed by atoms with E-state index in [9.17, 15) is 4.79 Å². The molecule has 0 aromatic carbocycles. The van der Waals surface area contributed by atoms with Gasteiger partial charge in [0, 0.05) is 19.0 Å². The SMILES string of the molecule is CCc1nc(C(=O)N(CC)C2CCCCC2)n[nH]1. The fourth-order valence-corrected chi connectivity index (χ4v) is 2.64. The number of carbonyl (C=O) groups is 1. The number of amides is 1. The van der Waals surface area contributed by atoms with Gasteiger partial charge in [-0.05, 0) is 19.8 Å². The van der Waals surface area contributed by atoms with Gasteiger partial charge in [-0.15, -0.1) is 5.10 Å². The number of hydrogen-bond acceptors (Lipinski definition) is 3. The van der Waals surface area contributed by atoms with Gasteiger partial charge in [0.25, 0.3) is 5.91 Å². The van der Waals surface area contributed by atoms with Crippen LogP contribution in [0.15, 0.2) is 0 Å². The molecule has 1 heterocycles. The molecule has 1 fully saturated rings. The molecule has 0 spiro atoms. The maximum atomic E-state index is 12.4. The van der Waals surface area contributed by atoms with Gasteiger partial charge in [0.15, 0.2) is 0 Å². The predicted octanol–water partition coefficient (Wildman–Crippen LogP) is 2.16. The summed E-state index contributed by atoms with van der Waals surface area (Å²) in [7, 11) is 0. The molecule has 1 aromatic heterocycles. The molecule has 0 unspecified atom stereocenters. The van der Waals surface area contributed by atoms with Crippen LogP contribution in [0.25, 0.3) is 0 Å². The lowest BCUT2D eigenvalue weighted by Gasteiger charge is -2.32. The van der Waals surface area contributed by atoms with E-state index in [-0.39, 0.29) is 5.91 Å². The molecule has 0 saturated heterocycles. The fourth-order valence-electron chi connectivity index (χ4n) is 2.64. The average molecular weight is 250 g/mol. The van der Waals surface area contributed by atoms with E-state index in [1.54, 1.807) is 0 Å². The highest BCUT2D eigenvalue weighted by molar-refractivity contribution is 5.90. The smallest absolute Gasteiger partial charge is 0.293 e. The summed E-state index contributed by atoms with van der Waals surface area (Å²) in [6.07, 6.45) is 6.75. The lowest BCUT2D eigenvalue weighted by molar-refractivity contribution is 0.0635. The molecule has 2 rings (SSSR count). The Morgan fingerprint density at radius 2 is 2.06 bits per heavy atom. The third-order valence-electron chi connectivity index (χ3n) is 3.67. The molecule has 1 N–H and O–H groups in total. The molecule has 5 nitrogen and oxygen atoms in total. The van der Waals surface area contributed by atoms with Gasteiger partial charge in [0.05, 0.1) is 0 Å². The first kappa shape index (κ1) is 13.1. The molecule has 0 radical (unpaired) electrons. The summed E-state index contributed by atoms with van der Waals surface area (Å²) in [6, 6.07) is 0.375. The zero-order valence-corrected chi connectivity index (χ0v) is 11.3. The zero-order chi connectivity index (χ0) is 13.0. The topological polar surface area (TPSA) is 61.9 Å². The van der Waals surface area contributed by atoms with Crippen molar-refractivity contribution in [1.29, 1.82) is 0 Å². The Kier molecular flexibility index (Phi) is 4.33. The van der Waals surface area contributed by atoms with Crippen LogP contribution in [0.4, 0.5) is 0 Å². The summed E-state index contributed by atoms with van der Waals surface area (Å²) in [5, 5.41) is 6.83. The molecule has 1 saturated carbocycles. The highest BCUT2D eigenvalue weighted by atomic mass is 16.2. The lowest BCUT2D eigenvalue weighted by atomic mass is 9.94. The highest BCUT2D eigenvalue weighted by Crippen LogP contribution is 2.23. The Bertz CT molecular complexity index is 395. The van der Waals surface area contributed by atoms with Gasteiger partial charge in [0.1, 0.15) is 5.82 Å². The molecule has 18 heavy (non-hydrogen) atoms. The van der Waals surface area contributed by atoms with Crippen LogP contribution >= 0.6 is 0 Å². The number of nitrogens with one attached hydrogen (secondary N) is 1. The Morgan fingerprint density at radius 3 is 2.61 bits per heavy atom. The first-order valence-electron chi connectivity index (χ1n) is 6.98. The number of hydrogen-bond donors (Lipinski definition) is 1. The minimum Gasteiger partial charge on any atom is -0.333 e. The number of carbonyl (C=O) groups excluding carboxylic acids is 1. The van der Waals surface area contributed by atoms with Gasteiger partial charge >= 0.3 is 0 Å². The van der Waals surface area contributed by atoms with Crippen molar-refractivity contribution >= 4 is 5.91 Å². The van der Waals surface area contributed by atoms with E-state index in [1.165, 1.54) is 19.3 Å². The Labute approximate surface area is 108 Å². The maximum Gasteiger partial charge on any atom is 0.293 e. The monoisotopic (exact) mass is 250 g/mol. The summed E-state index contributed by atoms with van der Waals surface area (Å²) >= 11 is 0. The second kappa shape index (κ2) is 5.98. The van der Waals surface area contributed by atoms with Gasteiger partial charge in [-0.1, -0.05) is 26.2 Å². The molecule has 1 aromatic rings. The van der Waals surface area contributed by atoms with Gasteiger partial charge < -0.3 is 4.90 Å². The largest absolute Gasteiger partial charge is 0.333 e. The van der Waals surface area contributed by atoms with Crippen LogP contribution in [0.3, 0.4) is 0 Å². The third-order valence-corrected chi connectivity index (χ3v) is 3.67. The van der Waals surface area contributed by atoms with E-state index in [1.807, 2.05) is 18.7 Å². The van der Waals surface area contributed by atoms with Crippen molar-refractivity contribution in [2.45, 2.75) is 58.4 Å². The van der Waals surface area contributed by atoms with Crippen molar-refractivity contribution < 1.29 is 4.79 Å². The second-order valence-corrected chi connectivity index (χ2v) is 4.84. The molecule has 5 heteroatoms. The van der Waals surface area contributed by atoms with E-state index in [0.717, 1.165) is 31.6 Å². The van der Waals surface area contributed by atoms with Crippen molar-refractivity contribution in [3.8, 4) is 0 Å². The van der Waals surface area contributed by atoms with Crippen molar-refractivity contribution in [2.75, 3.05) is 6.54 Å². The van der Waals surface area contributed by atoms with Gasteiger partial charge in [-0.3, -0.25) is 9.89 Å². The molecule has 100 valence electrons. The maximum absolute atomic E-state index is 12.4. The number of aryl methyl sites for hydroxylation is 1. The van der Waals surface area contributed by atoms with Gasteiger partial charge in [-0.2, -0.15) is 0 Å². The summed E-state index contributed by atoms with van der Waals surface area (Å²) in [6.45, 7) is 4.76. The second-order valence-electron chi connectivity index (χ2n) is 4.84. The molecule has 0 bridgehead atoms. The first-order valence-corrected chi connectivity index (χ1v) is 6.98. The number of H-pyrrole nitrogens is 1. The minimum atomic E-state index is -0.0275. The molecule has 0 aliphatic heterocycles. The summed E-state index contributed by atoms with van der Waals surface area (Å²) in [5.74, 6) is 1.07. The van der Waals surface area contributed by atoms with Crippen LogP contribution in [-0.4, -0.2) is 38.6 Å². The summed E-state index contributed by atoms with van der Waals surface area (Å²) in [4.78, 5) is 18.6. The van der Waals surface area contributed by atoms with E-state index < -0.39 is 0 Å². The van der Waals surface area contributed by atoms with Crippen LogP contribution in [0, 0.1) is 0 Å². The van der Waals surface area contributed by atoms with Crippen molar-refractivity contribution in [3.05, 3.63) is 11.6 Å². The molecule has 1 amide bonds. The Morgan fingerprint density at radius 1 is 1.33 bits per heavy atom. The van der Waals surface area contributed by atoms with Crippen LogP contribution in [0.1, 0.15) is 62.4 Å². The van der Waals surface area contributed by atoms with Crippen molar-refractivity contribution in [2.24, 2.45) is 0 Å². The van der Waals surface area contributed by atoms with Gasteiger partial charge in [-0.25, -0.2) is 4.98 Å². The van der Waals surface area contributed by atoms with Crippen LogP contribution in [0.2, 0.25) is 0 Å². The predicted molar refractivity (Wildman–Crippen MR) is 69.3 cm³/mol. The number of aromatic amines is 1. The fraction of sp³-hybridized carbons (Fsp3) is 0.769. The minimum absolute atomic E-state index is 0.0275. The van der Waals surface area contributed by atoms with E-state index in [2.05, 4.69) is 15.2 Å². The molecular formula is C13H22N4O. The third kappa shape index (κ3) is 2.71. The number of nitrogens with zero attached hydrogens (tertiary/aromatic N) is 3. The van der Waals surface area contributed by atoms with E-state index in [0.29, 0.717) is 11.9 Å². The molecule has 1 aliphatic rings. The van der Waals surface area contributed by atoms with E-state index in [4.69, 9.17) is 0 Å². The average Bonchev–Trinajstić information content (AvgIpc) is 2.89. The molecular weight excluding hydrogens is 228 g/mol. The first-order chi connectivity index (χ1) is 8.76. The van der Waals surface area contributed by atoms with Crippen molar-refractivity contribution in [3.63, 3.8) is 0 Å².